The lowest BCUT2D eigenvalue weighted by Crippen LogP contribution is -2.27. The molecule has 3 N–H and O–H groups in total. The molecule has 0 bridgehead atoms. The van der Waals surface area contributed by atoms with Crippen molar-refractivity contribution in [3.63, 3.8) is 0 Å². The van der Waals surface area contributed by atoms with Crippen molar-refractivity contribution in [2.45, 2.75) is 66.1 Å². The molecule has 0 radical (unpaired) electrons. The van der Waals surface area contributed by atoms with E-state index >= 15 is 0 Å². The van der Waals surface area contributed by atoms with Crippen LogP contribution >= 0.6 is 0 Å². The predicted octanol–water partition coefficient (Wildman–Crippen LogP) is 5.07. The minimum absolute atomic E-state index is 0.0883. The van der Waals surface area contributed by atoms with Crippen LogP contribution in [0.1, 0.15) is 81.7 Å². The quantitative estimate of drug-likeness (QED) is 0.494. The number of nitrogens with zero attached hydrogens (tertiary/aromatic N) is 4. The zero-order chi connectivity index (χ0) is 26.0. The Morgan fingerprint density at radius 3 is 2.64 bits per heavy atom. The van der Waals surface area contributed by atoms with Crippen molar-refractivity contribution in [2.24, 2.45) is 5.41 Å². The summed E-state index contributed by atoms with van der Waals surface area (Å²) < 4.78 is 2.12. The molecule has 0 unspecified atom stereocenters. The van der Waals surface area contributed by atoms with Gasteiger partial charge in [0.2, 0.25) is 0 Å². The molecular formula is C29H36N6O. The summed E-state index contributed by atoms with van der Waals surface area (Å²) in [5.74, 6) is 6.76. The van der Waals surface area contributed by atoms with E-state index in [0.29, 0.717) is 28.3 Å². The Labute approximate surface area is 213 Å². The van der Waals surface area contributed by atoms with Crippen molar-refractivity contribution in [3.05, 3.63) is 65.8 Å². The molecule has 7 nitrogen and oxygen atoms in total. The number of hydrogen-bond donors (Lipinski definition) is 2. The van der Waals surface area contributed by atoms with Gasteiger partial charge in [0.1, 0.15) is 23.5 Å². The fraction of sp³-hybridized carbons (Fsp3) is 0.414. The van der Waals surface area contributed by atoms with Crippen LogP contribution in [0.15, 0.2) is 48.9 Å². The molecular weight excluding hydrogens is 448 g/mol. The number of hydrogen-bond acceptors (Lipinski definition) is 5. The molecule has 36 heavy (non-hydrogen) atoms. The van der Waals surface area contributed by atoms with Crippen molar-refractivity contribution >= 4 is 22.8 Å². The van der Waals surface area contributed by atoms with Gasteiger partial charge in [-0.25, -0.2) is 9.97 Å². The van der Waals surface area contributed by atoms with E-state index in [4.69, 9.17) is 5.73 Å². The van der Waals surface area contributed by atoms with E-state index in [1.165, 1.54) is 6.33 Å². The Kier molecular flexibility index (Phi) is 7.07. The van der Waals surface area contributed by atoms with E-state index in [1.54, 1.807) is 0 Å². The van der Waals surface area contributed by atoms with Crippen LogP contribution in [0.25, 0.3) is 11.0 Å². The first-order valence-corrected chi connectivity index (χ1v) is 12.5. The second-order valence-corrected chi connectivity index (χ2v) is 10.6. The summed E-state index contributed by atoms with van der Waals surface area (Å²) >= 11 is 0. The zero-order valence-corrected chi connectivity index (χ0v) is 22.0. The Morgan fingerprint density at radius 2 is 1.97 bits per heavy atom. The minimum Gasteiger partial charge on any atom is -0.383 e. The largest absolute Gasteiger partial charge is 0.383 e. The minimum atomic E-state index is -0.246. The molecule has 1 saturated heterocycles. The number of nitrogen functional groups attached to an aromatic ring is 1. The van der Waals surface area contributed by atoms with Crippen molar-refractivity contribution in [3.8, 4) is 11.8 Å². The molecule has 188 valence electrons. The number of anilines is 1. The number of nitrogens with two attached hydrogens (primary N) is 1. The fourth-order valence-corrected chi connectivity index (χ4v) is 4.81. The summed E-state index contributed by atoms with van der Waals surface area (Å²) in [6.07, 6.45) is 6.54. The van der Waals surface area contributed by atoms with Crippen LogP contribution in [0.2, 0.25) is 0 Å². The highest BCUT2D eigenvalue weighted by Crippen LogP contribution is 2.36. The third kappa shape index (κ3) is 5.08. The second-order valence-electron chi connectivity index (χ2n) is 10.6. The molecule has 1 fully saturated rings. The molecule has 2 aromatic heterocycles. The number of aromatic nitrogens is 3. The van der Waals surface area contributed by atoms with Crippen molar-refractivity contribution in [1.82, 2.24) is 24.8 Å². The molecule has 3 aromatic rings. The van der Waals surface area contributed by atoms with Gasteiger partial charge < -0.3 is 20.5 Å². The number of allylic oxidation sites excluding steroid dienone is 1. The topological polar surface area (TPSA) is 89.1 Å². The van der Waals surface area contributed by atoms with Crippen LogP contribution in [0, 0.1) is 17.3 Å². The number of carbonyl (C=O) groups excluding carboxylic acids is 1. The highest BCUT2D eigenvalue weighted by Gasteiger charge is 2.34. The monoisotopic (exact) mass is 484 g/mol. The smallest absolute Gasteiger partial charge is 0.255 e. The molecule has 3 heterocycles. The van der Waals surface area contributed by atoms with E-state index in [2.05, 4.69) is 76.6 Å². The molecule has 0 aliphatic carbocycles. The summed E-state index contributed by atoms with van der Waals surface area (Å²) in [6.45, 7) is 13.2. The molecule has 1 aliphatic rings. The molecule has 0 saturated carbocycles. The summed E-state index contributed by atoms with van der Waals surface area (Å²) in [6, 6.07) is 10.1. The highest BCUT2D eigenvalue weighted by molar-refractivity contribution is 6.12. The molecule has 3 atom stereocenters. The average molecular weight is 485 g/mol. The van der Waals surface area contributed by atoms with E-state index < -0.39 is 0 Å². The highest BCUT2D eigenvalue weighted by atomic mass is 16.1. The Hall–Kier alpha value is -3.79. The van der Waals surface area contributed by atoms with Crippen LogP contribution < -0.4 is 11.1 Å². The van der Waals surface area contributed by atoms with Gasteiger partial charge in [-0.15, -0.1) is 0 Å². The summed E-state index contributed by atoms with van der Waals surface area (Å²) in [4.78, 5) is 25.0. The number of nitrogens with one attached hydrogen (secondary N) is 1. The third-order valence-corrected chi connectivity index (χ3v) is 6.55. The lowest BCUT2D eigenvalue weighted by atomic mass is 9.97. The first kappa shape index (κ1) is 25.3. The van der Waals surface area contributed by atoms with Gasteiger partial charge in [-0.2, -0.15) is 0 Å². The van der Waals surface area contributed by atoms with Gasteiger partial charge in [0.25, 0.3) is 5.91 Å². The van der Waals surface area contributed by atoms with E-state index in [0.717, 1.165) is 18.5 Å². The van der Waals surface area contributed by atoms with Crippen LogP contribution in [-0.2, 0) is 0 Å². The van der Waals surface area contributed by atoms with Gasteiger partial charge in [-0.1, -0.05) is 42.3 Å². The molecule has 1 aliphatic heterocycles. The number of fused-ring (bicyclic) bond motifs is 1. The zero-order valence-electron chi connectivity index (χ0n) is 22.0. The maximum absolute atomic E-state index is 13.9. The van der Waals surface area contributed by atoms with Crippen LogP contribution in [0.4, 0.5) is 5.82 Å². The molecule has 1 amide bonds. The summed E-state index contributed by atoms with van der Waals surface area (Å²) in [5.41, 5.74) is 8.90. The number of likely N-dealkylation sites (tertiary alicyclic amines) is 1. The van der Waals surface area contributed by atoms with Gasteiger partial charge in [0.05, 0.1) is 23.0 Å². The second kappa shape index (κ2) is 10.1. The Balaban J connectivity index is 1.90. The van der Waals surface area contributed by atoms with Crippen molar-refractivity contribution in [2.75, 3.05) is 12.3 Å². The maximum atomic E-state index is 13.9. The number of amides is 1. The maximum Gasteiger partial charge on any atom is 0.255 e. The lowest BCUT2D eigenvalue weighted by Gasteiger charge is -2.19. The summed E-state index contributed by atoms with van der Waals surface area (Å²) in [7, 11) is 0. The Bertz CT molecular complexity index is 1340. The average Bonchev–Trinajstić information content (AvgIpc) is 3.36. The normalized spacial score (nSPS) is 18.9. The lowest BCUT2D eigenvalue weighted by molar-refractivity contribution is 0.0941. The third-order valence-electron chi connectivity index (χ3n) is 6.55. The standard InChI is InChI=1S/C29H36N6O/c1-7-15-34-17-22(16-19(34)2)35-23(13-14-29(4,5)6)24(25-26(30)31-18-32-27(25)35)28(36)33-20(3)21-11-9-8-10-12-21/h7-12,15,18-20,22H,16-17H2,1-6H3,(H,33,36)(H2,30,31,32)/t19-,20+,22+/m0/s1. The van der Waals surface area contributed by atoms with E-state index in [9.17, 15) is 4.79 Å². The van der Waals surface area contributed by atoms with Crippen molar-refractivity contribution < 1.29 is 4.79 Å². The number of rotatable bonds is 5. The molecule has 1 aromatic carbocycles. The molecule has 0 spiro atoms. The van der Waals surface area contributed by atoms with Crippen LogP contribution in [0.3, 0.4) is 0 Å². The SMILES string of the molecule is CC=CN1C[C@H](n2c(C#CC(C)(C)C)c(C(=O)N[C@H](C)c3ccccc3)c3c(N)ncnc32)C[C@@H]1C. The predicted molar refractivity (Wildman–Crippen MR) is 145 cm³/mol. The van der Waals surface area contributed by atoms with E-state index in [1.807, 2.05) is 44.2 Å². The van der Waals surface area contributed by atoms with Crippen molar-refractivity contribution in [1.29, 1.82) is 0 Å². The van der Waals surface area contributed by atoms with Gasteiger partial charge in [0.15, 0.2) is 0 Å². The first-order valence-electron chi connectivity index (χ1n) is 12.5. The van der Waals surface area contributed by atoms with Crippen LogP contribution in [-0.4, -0.2) is 37.9 Å². The van der Waals surface area contributed by atoms with Gasteiger partial charge >= 0.3 is 0 Å². The van der Waals surface area contributed by atoms with Gasteiger partial charge in [-0.05, 0) is 65.6 Å². The van der Waals surface area contributed by atoms with E-state index in [-0.39, 0.29) is 29.2 Å². The van der Waals surface area contributed by atoms with Gasteiger partial charge in [0, 0.05) is 18.0 Å². The molecule has 7 heteroatoms. The number of benzene rings is 1. The molecule has 4 rings (SSSR count). The Morgan fingerprint density at radius 1 is 1.25 bits per heavy atom. The first-order chi connectivity index (χ1) is 17.1. The van der Waals surface area contributed by atoms with Crippen LogP contribution in [0.5, 0.6) is 0 Å². The van der Waals surface area contributed by atoms with Gasteiger partial charge in [-0.3, -0.25) is 4.79 Å². The fourth-order valence-electron chi connectivity index (χ4n) is 4.81. The summed E-state index contributed by atoms with van der Waals surface area (Å²) in [5, 5.41) is 3.72. The number of carbonyl (C=O) groups is 1.